The molecule has 8 heteroatoms. The van der Waals surface area contributed by atoms with E-state index in [0.29, 0.717) is 0 Å². The molecule has 0 aliphatic carbocycles. The van der Waals surface area contributed by atoms with Crippen LogP contribution in [-0.2, 0) is 10.0 Å². The number of nitrogens with one attached hydrogen (secondary N) is 1. The van der Waals surface area contributed by atoms with E-state index in [0.717, 1.165) is 30.5 Å². The van der Waals surface area contributed by atoms with E-state index in [2.05, 4.69) is 4.98 Å². The van der Waals surface area contributed by atoms with E-state index in [1.807, 2.05) is 4.72 Å². The molecule has 0 aliphatic rings. The van der Waals surface area contributed by atoms with Gasteiger partial charge in [0.1, 0.15) is 11.6 Å². The lowest BCUT2D eigenvalue weighted by Crippen LogP contribution is -2.16. The average molecular weight is 286 g/mol. The van der Waals surface area contributed by atoms with Crippen LogP contribution in [0.2, 0.25) is 0 Å². The fourth-order valence-electron chi connectivity index (χ4n) is 1.35. The summed E-state index contributed by atoms with van der Waals surface area (Å²) < 4.78 is 51.7. The first-order chi connectivity index (χ1) is 8.90. The Labute approximate surface area is 107 Å². The van der Waals surface area contributed by atoms with Gasteiger partial charge in [-0.05, 0) is 24.3 Å². The number of sulfonamides is 1. The van der Waals surface area contributed by atoms with Crippen LogP contribution in [0.4, 0.5) is 14.5 Å². The molecule has 2 N–H and O–H groups in total. The summed E-state index contributed by atoms with van der Waals surface area (Å²) in [5, 5.41) is 8.58. The number of benzene rings is 1. The molecule has 1 heterocycles. The maximum absolute atomic E-state index is 13.3. The Morgan fingerprint density at radius 3 is 2.58 bits per heavy atom. The van der Waals surface area contributed by atoms with Crippen LogP contribution >= 0.6 is 0 Å². The highest BCUT2D eigenvalue weighted by Gasteiger charge is 2.21. The Balaban J connectivity index is 2.40. The summed E-state index contributed by atoms with van der Waals surface area (Å²) in [6.07, 6.45) is 1.11. The molecule has 0 saturated carbocycles. The molecule has 0 fully saturated rings. The minimum Gasteiger partial charge on any atom is -0.506 e. The molecule has 0 amide bonds. The van der Waals surface area contributed by atoms with Gasteiger partial charge in [0, 0.05) is 12.3 Å². The molecule has 1 aromatic heterocycles. The van der Waals surface area contributed by atoms with Crippen LogP contribution in [0.25, 0.3) is 0 Å². The number of anilines is 1. The fourth-order valence-corrected chi connectivity index (χ4v) is 2.44. The smallest absolute Gasteiger partial charge is 0.282 e. The number of halogens is 2. The third-order valence-electron chi connectivity index (χ3n) is 2.18. The van der Waals surface area contributed by atoms with Crippen LogP contribution in [0.1, 0.15) is 0 Å². The van der Waals surface area contributed by atoms with Gasteiger partial charge in [-0.1, -0.05) is 0 Å². The maximum atomic E-state index is 13.3. The van der Waals surface area contributed by atoms with Crippen molar-refractivity contribution >= 4 is 15.7 Å². The number of aromatic nitrogens is 1. The SMILES string of the molecule is O=S(=O)(Nc1ccc(F)cc1O)c1ncccc1F. The highest BCUT2D eigenvalue weighted by atomic mass is 32.2. The minimum absolute atomic E-state index is 0.272. The van der Waals surface area contributed by atoms with Gasteiger partial charge in [-0.3, -0.25) is 4.72 Å². The summed E-state index contributed by atoms with van der Waals surface area (Å²) in [6, 6.07) is 4.87. The molecule has 2 rings (SSSR count). The molecule has 0 aliphatic heterocycles. The zero-order valence-corrected chi connectivity index (χ0v) is 10.2. The van der Waals surface area contributed by atoms with E-state index >= 15 is 0 Å². The molecule has 19 heavy (non-hydrogen) atoms. The number of hydrogen-bond acceptors (Lipinski definition) is 4. The number of pyridine rings is 1. The number of nitrogens with zero attached hydrogens (tertiary/aromatic N) is 1. The zero-order chi connectivity index (χ0) is 14.0. The topological polar surface area (TPSA) is 79.3 Å². The van der Waals surface area contributed by atoms with E-state index in [4.69, 9.17) is 0 Å². The van der Waals surface area contributed by atoms with E-state index in [-0.39, 0.29) is 5.69 Å². The molecular formula is C11H8F2N2O3S. The van der Waals surface area contributed by atoms with Crippen molar-refractivity contribution in [1.82, 2.24) is 4.98 Å². The molecular weight excluding hydrogens is 278 g/mol. The molecule has 2 aromatic rings. The second-order valence-corrected chi connectivity index (χ2v) is 5.16. The minimum atomic E-state index is -4.30. The maximum Gasteiger partial charge on any atom is 0.282 e. The molecule has 0 spiro atoms. The molecule has 0 bridgehead atoms. The first-order valence-corrected chi connectivity index (χ1v) is 6.50. The Bertz CT molecular complexity index is 720. The molecule has 5 nitrogen and oxygen atoms in total. The summed E-state index contributed by atoms with van der Waals surface area (Å²) in [5.74, 6) is -2.37. The predicted octanol–water partition coefficient (Wildman–Crippen LogP) is 1.87. The van der Waals surface area contributed by atoms with Crippen molar-refractivity contribution in [2.45, 2.75) is 5.03 Å². The summed E-state index contributed by atoms with van der Waals surface area (Å²) in [6.45, 7) is 0. The molecule has 1 aromatic carbocycles. The van der Waals surface area contributed by atoms with Crippen LogP contribution in [0.5, 0.6) is 5.75 Å². The first-order valence-electron chi connectivity index (χ1n) is 5.02. The Hall–Kier alpha value is -2.22. The van der Waals surface area contributed by atoms with Gasteiger partial charge in [0.25, 0.3) is 10.0 Å². The molecule has 0 atom stereocenters. The van der Waals surface area contributed by atoms with Crippen molar-refractivity contribution in [3.63, 3.8) is 0 Å². The second-order valence-electron chi connectivity index (χ2n) is 3.56. The lowest BCUT2D eigenvalue weighted by molar-refractivity contribution is 0.471. The number of aromatic hydroxyl groups is 1. The largest absolute Gasteiger partial charge is 0.506 e. The van der Waals surface area contributed by atoms with Crippen LogP contribution in [0.15, 0.2) is 41.6 Å². The lowest BCUT2D eigenvalue weighted by atomic mass is 10.3. The standard InChI is InChI=1S/C11H8F2N2O3S/c12-7-3-4-9(10(16)6-7)15-19(17,18)11-8(13)2-1-5-14-11/h1-6,15-16H. The van der Waals surface area contributed by atoms with Gasteiger partial charge in [-0.15, -0.1) is 0 Å². The van der Waals surface area contributed by atoms with Crippen molar-refractivity contribution < 1.29 is 22.3 Å². The normalized spacial score (nSPS) is 11.3. The molecule has 0 unspecified atom stereocenters. The summed E-state index contributed by atoms with van der Waals surface area (Å²) >= 11 is 0. The van der Waals surface area contributed by atoms with Gasteiger partial charge < -0.3 is 5.11 Å². The number of phenolic OH excluding ortho intramolecular Hbond substituents is 1. The van der Waals surface area contributed by atoms with Crippen molar-refractivity contribution in [3.8, 4) is 5.75 Å². The van der Waals surface area contributed by atoms with E-state index in [1.54, 1.807) is 0 Å². The third kappa shape index (κ3) is 2.79. The van der Waals surface area contributed by atoms with Crippen molar-refractivity contribution in [2.75, 3.05) is 4.72 Å². The average Bonchev–Trinajstić information content (AvgIpc) is 2.33. The quantitative estimate of drug-likeness (QED) is 0.844. The Morgan fingerprint density at radius 1 is 1.21 bits per heavy atom. The van der Waals surface area contributed by atoms with Gasteiger partial charge in [0.15, 0.2) is 5.82 Å². The lowest BCUT2D eigenvalue weighted by Gasteiger charge is -2.09. The highest BCUT2D eigenvalue weighted by Crippen LogP contribution is 2.26. The van der Waals surface area contributed by atoms with Crippen molar-refractivity contribution in [2.24, 2.45) is 0 Å². The van der Waals surface area contributed by atoms with Crippen LogP contribution in [-0.4, -0.2) is 18.5 Å². The van der Waals surface area contributed by atoms with Crippen LogP contribution in [0, 0.1) is 11.6 Å². The number of hydrogen-bond donors (Lipinski definition) is 2. The Kier molecular flexibility index (Phi) is 3.34. The molecule has 100 valence electrons. The summed E-state index contributed by atoms with van der Waals surface area (Å²) in [5.41, 5.74) is -0.272. The van der Waals surface area contributed by atoms with Crippen molar-refractivity contribution in [3.05, 3.63) is 48.2 Å². The van der Waals surface area contributed by atoms with Gasteiger partial charge in [0.2, 0.25) is 5.03 Å². The van der Waals surface area contributed by atoms with Gasteiger partial charge in [-0.25, -0.2) is 13.8 Å². The van der Waals surface area contributed by atoms with Gasteiger partial charge in [0.05, 0.1) is 5.69 Å². The number of phenols is 1. The first kappa shape index (κ1) is 13.2. The summed E-state index contributed by atoms with van der Waals surface area (Å²) in [4.78, 5) is 3.41. The number of rotatable bonds is 3. The summed E-state index contributed by atoms with van der Waals surface area (Å²) in [7, 11) is -4.30. The van der Waals surface area contributed by atoms with Gasteiger partial charge >= 0.3 is 0 Å². The third-order valence-corrected chi connectivity index (χ3v) is 3.48. The van der Waals surface area contributed by atoms with Crippen LogP contribution in [0.3, 0.4) is 0 Å². The second kappa shape index (κ2) is 4.81. The van der Waals surface area contributed by atoms with E-state index < -0.39 is 32.4 Å². The highest BCUT2D eigenvalue weighted by molar-refractivity contribution is 7.92. The molecule has 0 radical (unpaired) electrons. The fraction of sp³-hybridized carbons (Fsp3) is 0. The predicted molar refractivity (Wildman–Crippen MR) is 63.1 cm³/mol. The van der Waals surface area contributed by atoms with Gasteiger partial charge in [-0.2, -0.15) is 8.42 Å². The Morgan fingerprint density at radius 2 is 1.95 bits per heavy atom. The van der Waals surface area contributed by atoms with Crippen LogP contribution < -0.4 is 4.72 Å². The van der Waals surface area contributed by atoms with Crippen molar-refractivity contribution in [1.29, 1.82) is 0 Å². The van der Waals surface area contributed by atoms with E-state index in [1.165, 1.54) is 6.07 Å². The molecule has 0 saturated heterocycles. The monoisotopic (exact) mass is 286 g/mol. The van der Waals surface area contributed by atoms with E-state index in [9.17, 15) is 22.3 Å². The zero-order valence-electron chi connectivity index (χ0n) is 9.34.